The van der Waals surface area contributed by atoms with Crippen molar-refractivity contribution in [2.75, 3.05) is 6.61 Å². The number of aromatic nitrogens is 3. The van der Waals surface area contributed by atoms with E-state index in [0.29, 0.717) is 18.9 Å². The minimum Gasteiger partial charge on any atom is -0.466 e. The quantitative estimate of drug-likeness (QED) is 0.808. The van der Waals surface area contributed by atoms with Crippen molar-refractivity contribution in [1.29, 1.82) is 0 Å². The molecule has 0 bridgehead atoms. The zero-order valence-electron chi connectivity index (χ0n) is 12.0. The molecule has 1 N–H and O–H groups in total. The van der Waals surface area contributed by atoms with Gasteiger partial charge < -0.3 is 10.1 Å². The van der Waals surface area contributed by atoms with Crippen LogP contribution in [-0.2, 0) is 16.1 Å². The molecule has 2 atom stereocenters. The molecule has 6 nitrogen and oxygen atoms in total. The first-order valence-corrected chi connectivity index (χ1v) is 6.80. The molecule has 0 aliphatic carbocycles. The van der Waals surface area contributed by atoms with E-state index in [1.54, 1.807) is 6.20 Å². The molecule has 0 radical (unpaired) electrons. The molecule has 2 heterocycles. The minimum absolute atomic E-state index is 0.0202. The van der Waals surface area contributed by atoms with Crippen LogP contribution in [0.4, 0.5) is 0 Å². The summed E-state index contributed by atoms with van der Waals surface area (Å²) in [6.07, 6.45) is 5.55. The second-order valence-corrected chi connectivity index (χ2v) is 4.77. The van der Waals surface area contributed by atoms with E-state index in [0.717, 1.165) is 5.69 Å². The van der Waals surface area contributed by atoms with Crippen molar-refractivity contribution in [3.8, 4) is 0 Å². The standard InChI is InChI=1S/C14H20N4O2/c1-4-20-13(19)10(2)11(3)16-8-12-9-18-7-5-6-15-14(18)17-12/h5-7,9-11,16H,4,8H2,1-3H3. The number of rotatable bonds is 6. The Hall–Kier alpha value is -1.95. The first-order valence-electron chi connectivity index (χ1n) is 6.80. The monoisotopic (exact) mass is 276 g/mol. The van der Waals surface area contributed by atoms with Gasteiger partial charge in [0, 0.05) is 31.2 Å². The summed E-state index contributed by atoms with van der Waals surface area (Å²) in [5.74, 6) is 0.310. The van der Waals surface area contributed by atoms with Crippen LogP contribution in [0.1, 0.15) is 26.5 Å². The average molecular weight is 276 g/mol. The highest BCUT2D eigenvalue weighted by atomic mass is 16.5. The van der Waals surface area contributed by atoms with Crippen molar-refractivity contribution in [2.45, 2.75) is 33.4 Å². The second kappa shape index (κ2) is 6.47. The number of fused-ring (bicyclic) bond motifs is 1. The third-order valence-corrected chi connectivity index (χ3v) is 3.30. The van der Waals surface area contributed by atoms with Gasteiger partial charge in [0.1, 0.15) is 0 Å². The topological polar surface area (TPSA) is 68.5 Å². The molecule has 0 spiro atoms. The van der Waals surface area contributed by atoms with Gasteiger partial charge in [0.05, 0.1) is 18.2 Å². The summed E-state index contributed by atoms with van der Waals surface area (Å²) < 4.78 is 6.89. The number of carbonyl (C=O) groups is 1. The first-order chi connectivity index (χ1) is 9.61. The lowest BCUT2D eigenvalue weighted by Gasteiger charge is -2.19. The summed E-state index contributed by atoms with van der Waals surface area (Å²) in [7, 11) is 0. The van der Waals surface area contributed by atoms with E-state index in [1.165, 1.54) is 0 Å². The number of ether oxygens (including phenoxy) is 1. The van der Waals surface area contributed by atoms with Gasteiger partial charge in [-0.15, -0.1) is 0 Å². The molecular formula is C14H20N4O2. The molecule has 2 unspecified atom stereocenters. The lowest BCUT2D eigenvalue weighted by atomic mass is 10.0. The van der Waals surface area contributed by atoms with Crippen LogP contribution in [0.25, 0.3) is 5.78 Å². The van der Waals surface area contributed by atoms with E-state index in [1.807, 2.05) is 43.6 Å². The van der Waals surface area contributed by atoms with E-state index >= 15 is 0 Å². The van der Waals surface area contributed by atoms with Crippen LogP contribution in [0.5, 0.6) is 0 Å². The minimum atomic E-state index is -0.190. The van der Waals surface area contributed by atoms with Crippen molar-refractivity contribution in [1.82, 2.24) is 19.7 Å². The molecule has 0 saturated carbocycles. The van der Waals surface area contributed by atoms with Gasteiger partial charge in [0.15, 0.2) is 0 Å². The zero-order valence-corrected chi connectivity index (χ0v) is 12.0. The lowest BCUT2D eigenvalue weighted by molar-refractivity contribution is -0.148. The van der Waals surface area contributed by atoms with Crippen LogP contribution in [0.15, 0.2) is 24.7 Å². The van der Waals surface area contributed by atoms with E-state index in [4.69, 9.17) is 4.74 Å². The summed E-state index contributed by atoms with van der Waals surface area (Å²) in [5.41, 5.74) is 0.895. The number of hydrogen-bond acceptors (Lipinski definition) is 5. The van der Waals surface area contributed by atoms with Gasteiger partial charge in [-0.25, -0.2) is 9.97 Å². The summed E-state index contributed by atoms with van der Waals surface area (Å²) >= 11 is 0. The first kappa shape index (κ1) is 14.5. The van der Waals surface area contributed by atoms with Gasteiger partial charge in [-0.3, -0.25) is 9.20 Å². The number of carbonyl (C=O) groups excluding carboxylic acids is 1. The number of hydrogen-bond donors (Lipinski definition) is 1. The molecule has 0 fully saturated rings. The van der Waals surface area contributed by atoms with Crippen molar-refractivity contribution in [2.24, 2.45) is 5.92 Å². The Morgan fingerprint density at radius 1 is 1.50 bits per heavy atom. The van der Waals surface area contributed by atoms with Crippen molar-refractivity contribution in [3.05, 3.63) is 30.4 Å². The van der Waals surface area contributed by atoms with Gasteiger partial charge in [0.25, 0.3) is 0 Å². The fourth-order valence-electron chi connectivity index (χ4n) is 1.88. The number of esters is 1. The molecule has 108 valence electrons. The Morgan fingerprint density at radius 2 is 2.30 bits per heavy atom. The summed E-state index contributed by atoms with van der Waals surface area (Å²) in [6.45, 7) is 6.64. The molecular weight excluding hydrogens is 256 g/mol. The predicted molar refractivity (Wildman–Crippen MR) is 75.1 cm³/mol. The molecule has 0 amide bonds. The molecule has 2 rings (SSSR count). The van der Waals surface area contributed by atoms with E-state index in [-0.39, 0.29) is 17.9 Å². The fraction of sp³-hybridized carbons (Fsp3) is 0.500. The lowest BCUT2D eigenvalue weighted by Crippen LogP contribution is -2.36. The van der Waals surface area contributed by atoms with Crippen molar-refractivity contribution < 1.29 is 9.53 Å². The van der Waals surface area contributed by atoms with Crippen LogP contribution < -0.4 is 5.32 Å². The van der Waals surface area contributed by atoms with Gasteiger partial charge in [-0.05, 0) is 19.9 Å². The highest BCUT2D eigenvalue weighted by molar-refractivity contribution is 5.72. The summed E-state index contributed by atoms with van der Waals surface area (Å²) in [5, 5.41) is 3.29. The normalized spacial score (nSPS) is 14.2. The van der Waals surface area contributed by atoms with E-state index in [2.05, 4.69) is 15.3 Å². The van der Waals surface area contributed by atoms with Crippen LogP contribution in [-0.4, -0.2) is 33.0 Å². The molecule has 0 aliphatic rings. The fourth-order valence-corrected chi connectivity index (χ4v) is 1.88. The third-order valence-electron chi connectivity index (χ3n) is 3.30. The Labute approximate surface area is 118 Å². The highest BCUT2D eigenvalue weighted by Gasteiger charge is 2.21. The Bertz CT molecular complexity index is 548. The van der Waals surface area contributed by atoms with Crippen LogP contribution >= 0.6 is 0 Å². The smallest absolute Gasteiger partial charge is 0.310 e. The van der Waals surface area contributed by atoms with Crippen LogP contribution in [0.2, 0.25) is 0 Å². The van der Waals surface area contributed by atoms with Crippen LogP contribution in [0.3, 0.4) is 0 Å². The second-order valence-electron chi connectivity index (χ2n) is 4.77. The zero-order chi connectivity index (χ0) is 14.5. The molecule has 0 saturated heterocycles. The van der Waals surface area contributed by atoms with Gasteiger partial charge in [-0.1, -0.05) is 6.92 Å². The molecule has 0 aliphatic heterocycles. The molecule has 20 heavy (non-hydrogen) atoms. The number of nitrogens with one attached hydrogen (secondary N) is 1. The Balaban J connectivity index is 1.92. The maximum Gasteiger partial charge on any atom is 0.310 e. The third kappa shape index (κ3) is 3.33. The van der Waals surface area contributed by atoms with Crippen molar-refractivity contribution >= 4 is 11.7 Å². The molecule has 2 aromatic rings. The van der Waals surface area contributed by atoms with Crippen molar-refractivity contribution in [3.63, 3.8) is 0 Å². The van der Waals surface area contributed by atoms with E-state index < -0.39 is 0 Å². The SMILES string of the molecule is CCOC(=O)C(C)C(C)NCc1cn2cccnc2n1. The Morgan fingerprint density at radius 3 is 3.00 bits per heavy atom. The maximum atomic E-state index is 11.6. The van der Waals surface area contributed by atoms with Crippen LogP contribution in [0, 0.1) is 5.92 Å². The number of imidazole rings is 1. The average Bonchev–Trinajstić information content (AvgIpc) is 2.87. The van der Waals surface area contributed by atoms with E-state index in [9.17, 15) is 4.79 Å². The number of nitrogens with zero attached hydrogens (tertiary/aromatic N) is 3. The summed E-state index contributed by atoms with van der Waals surface area (Å²) in [6, 6.07) is 1.88. The summed E-state index contributed by atoms with van der Waals surface area (Å²) in [4.78, 5) is 20.2. The predicted octanol–water partition coefficient (Wildman–Crippen LogP) is 1.41. The molecule has 2 aromatic heterocycles. The van der Waals surface area contributed by atoms with Gasteiger partial charge in [-0.2, -0.15) is 0 Å². The maximum absolute atomic E-state index is 11.6. The van der Waals surface area contributed by atoms with Gasteiger partial charge >= 0.3 is 5.97 Å². The molecule has 6 heteroatoms. The molecule has 0 aromatic carbocycles. The highest BCUT2D eigenvalue weighted by Crippen LogP contribution is 2.07. The Kier molecular flexibility index (Phi) is 4.68. The van der Waals surface area contributed by atoms with Gasteiger partial charge in [0.2, 0.25) is 5.78 Å². The largest absolute Gasteiger partial charge is 0.466 e.